The minimum atomic E-state index is 0.675. The Balaban J connectivity index is 2.31. The molecule has 1 rings (SSSR count). The van der Waals surface area contributed by atoms with Crippen molar-refractivity contribution in [2.75, 3.05) is 36.9 Å². The van der Waals surface area contributed by atoms with Crippen molar-refractivity contribution in [3.8, 4) is 0 Å². The number of rotatable bonds is 7. The lowest BCUT2D eigenvalue weighted by Crippen LogP contribution is -2.28. The molecule has 0 aliphatic rings. The fraction of sp³-hybridized carbons (Fsp3) is 0.545. The third-order valence-electron chi connectivity index (χ3n) is 2.56. The van der Waals surface area contributed by atoms with Gasteiger partial charge in [-0.05, 0) is 25.2 Å². The maximum absolute atomic E-state index is 5.24. The second-order valence-corrected chi connectivity index (χ2v) is 3.53. The first-order valence-corrected chi connectivity index (χ1v) is 5.69. The van der Waals surface area contributed by atoms with Crippen LogP contribution in [0.15, 0.2) is 18.3 Å². The fourth-order valence-corrected chi connectivity index (χ4v) is 1.48. The highest BCUT2D eigenvalue weighted by molar-refractivity contribution is 5.46. The Morgan fingerprint density at radius 3 is 2.56 bits per heavy atom. The Labute approximate surface area is 97.0 Å². The minimum Gasteiger partial charge on any atom is -0.383 e. The number of hydrazine groups is 1. The van der Waals surface area contributed by atoms with Gasteiger partial charge in [-0.25, -0.2) is 10.8 Å². The summed E-state index contributed by atoms with van der Waals surface area (Å²) in [5.74, 6) is 5.91. The Morgan fingerprint density at radius 1 is 1.31 bits per heavy atom. The number of likely N-dealkylation sites (N-methyl/N-ethyl adjacent to an activating group) is 1. The van der Waals surface area contributed by atoms with E-state index in [-0.39, 0.29) is 0 Å². The largest absolute Gasteiger partial charge is 0.383 e. The molecule has 1 aromatic rings. The van der Waals surface area contributed by atoms with Crippen molar-refractivity contribution >= 4 is 11.5 Å². The second kappa shape index (κ2) is 7.03. The van der Waals surface area contributed by atoms with Gasteiger partial charge in [-0.2, -0.15) is 0 Å². The first-order chi connectivity index (χ1) is 7.80. The van der Waals surface area contributed by atoms with Crippen molar-refractivity contribution in [2.45, 2.75) is 13.8 Å². The van der Waals surface area contributed by atoms with E-state index in [1.807, 2.05) is 12.1 Å². The molecule has 0 saturated carbocycles. The number of anilines is 2. The summed E-state index contributed by atoms with van der Waals surface area (Å²) in [5, 5.41) is 3.32. The molecule has 0 radical (unpaired) electrons. The Kier molecular flexibility index (Phi) is 5.60. The van der Waals surface area contributed by atoms with Crippen molar-refractivity contribution < 1.29 is 0 Å². The van der Waals surface area contributed by atoms with Crippen LogP contribution in [-0.2, 0) is 0 Å². The summed E-state index contributed by atoms with van der Waals surface area (Å²) in [6, 6.07) is 3.81. The maximum atomic E-state index is 5.24. The Bertz CT molecular complexity index is 281. The third-order valence-corrected chi connectivity index (χ3v) is 2.56. The molecule has 1 heterocycles. The van der Waals surface area contributed by atoms with Crippen LogP contribution in [0.1, 0.15) is 13.8 Å². The molecular weight excluding hydrogens is 202 g/mol. The summed E-state index contributed by atoms with van der Waals surface area (Å²) in [5.41, 5.74) is 3.52. The molecule has 0 amide bonds. The van der Waals surface area contributed by atoms with Gasteiger partial charge in [0.05, 0.1) is 11.9 Å². The highest BCUT2D eigenvalue weighted by Crippen LogP contribution is 2.07. The molecule has 5 heteroatoms. The van der Waals surface area contributed by atoms with Crippen LogP contribution in [0.4, 0.5) is 11.5 Å². The second-order valence-electron chi connectivity index (χ2n) is 3.53. The van der Waals surface area contributed by atoms with Crippen molar-refractivity contribution in [1.29, 1.82) is 0 Å². The van der Waals surface area contributed by atoms with Gasteiger partial charge in [0, 0.05) is 13.1 Å². The van der Waals surface area contributed by atoms with Gasteiger partial charge in [-0.3, -0.25) is 0 Å². The molecule has 0 aromatic carbocycles. The number of pyridine rings is 1. The van der Waals surface area contributed by atoms with E-state index < -0.39 is 0 Å². The average molecular weight is 223 g/mol. The van der Waals surface area contributed by atoms with E-state index in [0.29, 0.717) is 5.82 Å². The summed E-state index contributed by atoms with van der Waals surface area (Å²) in [6.07, 6.45) is 1.78. The molecule has 0 fully saturated rings. The van der Waals surface area contributed by atoms with Crippen LogP contribution >= 0.6 is 0 Å². The molecule has 0 bridgehead atoms. The van der Waals surface area contributed by atoms with Crippen LogP contribution in [-0.4, -0.2) is 36.1 Å². The van der Waals surface area contributed by atoms with Crippen molar-refractivity contribution in [3.63, 3.8) is 0 Å². The predicted octanol–water partition coefficient (Wildman–Crippen LogP) is 1.12. The monoisotopic (exact) mass is 223 g/mol. The quantitative estimate of drug-likeness (QED) is 0.477. The van der Waals surface area contributed by atoms with Gasteiger partial charge in [0.2, 0.25) is 0 Å². The standard InChI is InChI=1S/C11H21N5/c1-3-16(4-2)8-7-13-10-5-6-11(15-12)14-9-10/h5-6,9,13H,3-4,7-8,12H2,1-2H3,(H,14,15). The topological polar surface area (TPSA) is 66.2 Å². The van der Waals surface area contributed by atoms with Crippen molar-refractivity contribution in [3.05, 3.63) is 18.3 Å². The lowest BCUT2D eigenvalue weighted by molar-refractivity contribution is 0.316. The molecular formula is C11H21N5. The summed E-state index contributed by atoms with van der Waals surface area (Å²) in [6.45, 7) is 8.50. The first-order valence-electron chi connectivity index (χ1n) is 5.69. The molecule has 4 N–H and O–H groups in total. The van der Waals surface area contributed by atoms with Gasteiger partial charge < -0.3 is 15.6 Å². The van der Waals surface area contributed by atoms with Gasteiger partial charge in [-0.1, -0.05) is 13.8 Å². The summed E-state index contributed by atoms with van der Waals surface area (Å²) in [7, 11) is 0. The highest BCUT2D eigenvalue weighted by Gasteiger charge is 1.98. The molecule has 0 aliphatic carbocycles. The van der Waals surface area contributed by atoms with E-state index in [1.54, 1.807) is 6.20 Å². The molecule has 0 saturated heterocycles. The Hall–Kier alpha value is -1.33. The number of hydrogen-bond acceptors (Lipinski definition) is 5. The van der Waals surface area contributed by atoms with E-state index in [2.05, 4.69) is 34.5 Å². The summed E-state index contributed by atoms with van der Waals surface area (Å²) in [4.78, 5) is 6.49. The zero-order valence-electron chi connectivity index (χ0n) is 10.0. The number of aromatic nitrogens is 1. The zero-order valence-corrected chi connectivity index (χ0v) is 10.0. The predicted molar refractivity (Wildman–Crippen MR) is 68.3 cm³/mol. The van der Waals surface area contributed by atoms with E-state index in [9.17, 15) is 0 Å². The SMILES string of the molecule is CCN(CC)CCNc1ccc(NN)nc1. The lowest BCUT2D eigenvalue weighted by Gasteiger charge is -2.18. The smallest absolute Gasteiger partial charge is 0.140 e. The summed E-state index contributed by atoms with van der Waals surface area (Å²) < 4.78 is 0. The van der Waals surface area contributed by atoms with Crippen LogP contribution in [0.3, 0.4) is 0 Å². The molecule has 0 atom stereocenters. The van der Waals surface area contributed by atoms with E-state index in [4.69, 9.17) is 5.84 Å². The minimum absolute atomic E-state index is 0.675. The highest BCUT2D eigenvalue weighted by atomic mass is 15.2. The molecule has 0 spiro atoms. The Morgan fingerprint density at radius 2 is 2.06 bits per heavy atom. The van der Waals surface area contributed by atoms with Crippen molar-refractivity contribution in [2.24, 2.45) is 5.84 Å². The van der Waals surface area contributed by atoms with E-state index in [1.165, 1.54) is 0 Å². The molecule has 90 valence electrons. The van der Waals surface area contributed by atoms with E-state index in [0.717, 1.165) is 31.9 Å². The first kappa shape index (κ1) is 12.7. The van der Waals surface area contributed by atoms with Crippen LogP contribution < -0.4 is 16.6 Å². The van der Waals surface area contributed by atoms with Crippen LogP contribution in [0.25, 0.3) is 0 Å². The normalized spacial score (nSPS) is 10.5. The fourth-order valence-electron chi connectivity index (χ4n) is 1.48. The van der Waals surface area contributed by atoms with E-state index >= 15 is 0 Å². The number of nitrogen functional groups attached to an aromatic ring is 1. The van der Waals surface area contributed by atoms with Gasteiger partial charge in [0.1, 0.15) is 5.82 Å². The van der Waals surface area contributed by atoms with Gasteiger partial charge in [0.15, 0.2) is 0 Å². The maximum Gasteiger partial charge on any atom is 0.140 e. The molecule has 16 heavy (non-hydrogen) atoms. The van der Waals surface area contributed by atoms with Gasteiger partial charge in [-0.15, -0.1) is 0 Å². The molecule has 1 aromatic heterocycles. The van der Waals surface area contributed by atoms with Crippen molar-refractivity contribution in [1.82, 2.24) is 9.88 Å². The van der Waals surface area contributed by atoms with Gasteiger partial charge >= 0.3 is 0 Å². The van der Waals surface area contributed by atoms with Crippen LogP contribution in [0.5, 0.6) is 0 Å². The molecule has 0 aliphatic heterocycles. The average Bonchev–Trinajstić information content (AvgIpc) is 2.35. The third kappa shape index (κ3) is 4.04. The lowest BCUT2D eigenvalue weighted by atomic mass is 10.4. The summed E-state index contributed by atoms with van der Waals surface area (Å²) >= 11 is 0. The number of hydrogen-bond donors (Lipinski definition) is 3. The zero-order chi connectivity index (χ0) is 11.8. The number of nitrogens with two attached hydrogens (primary N) is 1. The molecule has 5 nitrogen and oxygen atoms in total. The molecule has 0 unspecified atom stereocenters. The number of nitrogens with one attached hydrogen (secondary N) is 2. The van der Waals surface area contributed by atoms with Crippen LogP contribution in [0.2, 0.25) is 0 Å². The van der Waals surface area contributed by atoms with Gasteiger partial charge in [0.25, 0.3) is 0 Å². The number of nitrogens with zero attached hydrogens (tertiary/aromatic N) is 2. The van der Waals surface area contributed by atoms with Crippen LogP contribution in [0, 0.1) is 0 Å².